The van der Waals surface area contributed by atoms with Crippen LogP contribution in [0.25, 0.3) is 16.9 Å². The van der Waals surface area contributed by atoms with E-state index in [0.29, 0.717) is 23.6 Å². The summed E-state index contributed by atoms with van der Waals surface area (Å²) in [5.41, 5.74) is 0.102. The van der Waals surface area contributed by atoms with Gasteiger partial charge in [-0.15, -0.1) is 0 Å². The molecule has 7 rings (SSSR count). The largest absolute Gasteiger partial charge is 0.334 e. The van der Waals surface area contributed by atoms with E-state index in [9.17, 15) is 14.4 Å². The van der Waals surface area contributed by atoms with E-state index in [2.05, 4.69) is 14.9 Å². The maximum atomic E-state index is 14.0. The number of rotatable bonds is 3. The first-order chi connectivity index (χ1) is 18.5. The van der Waals surface area contributed by atoms with E-state index in [0.717, 1.165) is 30.2 Å². The minimum absolute atomic E-state index is 0.0499. The van der Waals surface area contributed by atoms with E-state index < -0.39 is 11.2 Å². The van der Waals surface area contributed by atoms with Crippen molar-refractivity contribution in [2.75, 3.05) is 0 Å². The second-order valence-electron chi connectivity index (χ2n) is 12.3. The third kappa shape index (κ3) is 4.17. The lowest BCUT2D eigenvalue weighted by atomic mass is 9.73. The number of fused-ring (bicyclic) bond motifs is 5. The van der Waals surface area contributed by atoms with Gasteiger partial charge in [-0.1, -0.05) is 44.2 Å². The number of para-hydroxylation sites is 2. The lowest BCUT2D eigenvalue weighted by Crippen LogP contribution is -2.58. The number of benzene rings is 1. The lowest BCUT2D eigenvalue weighted by molar-refractivity contribution is -0.0420. The molecular weight excluding hydrogens is 478 g/mol. The average Bonchev–Trinajstić information content (AvgIpc) is 3.07. The molecule has 6 atom stereocenters. The van der Waals surface area contributed by atoms with Crippen molar-refractivity contribution in [3.63, 3.8) is 0 Å². The number of hydrogen-bond donors (Lipinski definition) is 1. The molecule has 4 bridgehead atoms. The molecule has 8 nitrogen and oxygen atoms in total. The van der Waals surface area contributed by atoms with Crippen molar-refractivity contribution in [2.24, 2.45) is 11.8 Å². The second-order valence-corrected chi connectivity index (χ2v) is 12.3. The molecule has 2 saturated heterocycles. The number of aromatic amines is 1. The molecule has 4 heterocycles. The van der Waals surface area contributed by atoms with Crippen LogP contribution in [0.4, 0.5) is 0 Å². The highest BCUT2D eigenvalue weighted by molar-refractivity contribution is 5.75. The third-order valence-electron chi connectivity index (χ3n) is 9.98. The Labute approximate surface area is 221 Å². The number of piperidine rings is 2. The first-order valence-electron chi connectivity index (χ1n) is 14.7. The molecule has 4 fully saturated rings. The lowest BCUT2D eigenvalue weighted by Gasteiger charge is -2.54. The van der Waals surface area contributed by atoms with Crippen LogP contribution in [0.2, 0.25) is 0 Å². The molecule has 200 valence electrons. The molecule has 3 aromatic rings. The van der Waals surface area contributed by atoms with Crippen molar-refractivity contribution >= 4 is 11.0 Å². The van der Waals surface area contributed by atoms with Gasteiger partial charge in [-0.25, -0.2) is 14.3 Å². The van der Waals surface area contributed by atoms with Gasteiger partial charge in [0.15, 0.2) is 0 Å². The Balaban J connectivity index is 1.27. The molecule has 1 aromatic carbocycles. The molecule has 0 amide bonds. The molecular formula is C30H37N5O3. The Bertz CT molecular complexity index is 1490. The van der Waals surface area contributed by atoms with Gasteiger partial charge in [0.1, 0.15) is 0 Å². The monoisotopic (exact) mass is 515 g/mol. The second kappa shape index (κ2) is 9.63. The zero-order chi connectivity index (χ0) is 25.8. The van der Waals surface area contributed by atoms with Crippen molar-refractivity contribution in [3.05, 3.63) is 67.7 Å². The topological polar surface area (TPSA) is 93.0 Å². The van der Waals surface area contributed by atoms with Gasteiger partial charge in [0, 0.05) is 36.4 Å². The highest BCUT2D eigenvalue weighted by Gasteiger charge is 2.45. The molecule has 1 N–H and O–H groups in total. The normalized spacial score (nSPS) is 31.7. The van der Waals surface area contributed by atoms with Crippen molar-refractivity contribution in [1.82, 2.24) is 24.0 Å². The van der Waals surface area contributed by atoms with Crippen LogP contribution >= 0.6 is 0 Å². The molecule has 0 unspecified atom stereocenters. The summed E-state index contributed by atoms with van der Waals surface area (Å²) in [6.45, 7) is 0. The predicted molar refractivity (Wildman–Crippen MR) is 147 cm³/mol. The average molecular weight is 516 g/mol. The molecule has 2 aromatic heterocycles. The zero-order valence-electron chi connectivity index (χ0n) is 21.9. The molecule has 0 spiro atoms. The van der Waals surface area contributed by atoms with Crippen LogP contribution < -0.4 is 16.8 Å². The summed E-state index contributed by atoms with van der Waals surface area (Å²) in [4.78, 5) is 48.1. The summed E-state index contributed by atoms with van der Waals surface area (Å²) in [6, 6.07) is 10.7. The van der Waals surface area contributed by atoms with Crippen LogP contribution in [-0.2, 0) is 0 Å². The first-order valence-corrected chi connectivity index (χ1v) is 14.7. The Morgan fingerprint density at radius 1 is 0.737 bits per heavy atom. The number of nitrogens with zero attached hydrogens (tertiary/aromatic N) is 4. The zero-order valence-corrected chi connectivity index (χ0v) is 21.9. The van der Waals surface area contributed by atoms with Crippen LogP contribution in [0.3, 0.4) is 0 Å². The van der Waals surface area contributed by atoms with Gasteiger partial charge in [0.05, 0.1) is 11.0 Å². The van der Waals surface area contributed by atoms with E-state index in [-0.39, 0.29) is 17.4 Å². The van der Waals surface area contributed by atoms with E-state index in [1.807, 2.05) is 28.8 Å². The smallest absolute Gasteiger partial charge is 0.300 e. The number of aromatic nitrogens is 4. The van der Waals surface area contributed by atoms with Gasteiger partial charge in [0.2, 0.25) is 5.82 Å². The fourth-order valence-corrected chi connectivity index (χ4v) is 8.55. The highest BCUT2D eigenvalue weighted by Crippen LogP contribution is 2.47. The van der Waals surface area contributed by atoms with Crippen molar-refractivity contribution in [3.8, 4) is 5.82 Å². The number of hydrogen-bond acceptors (Lipinski definition) is 5. The van der Waals surface area contributed by atoms with Crippen molar-refractivity contribution in [1.29, 1.82) is 0 Å². The fourth-order valence-electron chi connectivity index (χ4n) is 8.55. The third-order valence-corrected chi connectivity index (χ3v) is 9.98. The van der Waals surface area contributed by atoms with Crippen molar-refractivity contribution < 1.29 is 0 Å². The fraction of sp³-hybridized carbons (Fsp3) is 0.600. The molecule has 2 saturated carbocycles. The maximum absolute atomic E-state index is 14.0. The Hall–Kier alpha value is -3.00. The van der Waals surface area contributed by atoms with E-state index in [1.54, 1.807) is 0 Å². The summed E-state index contributed by atoms with van der Waals surface area (Å²) in [6.07, 6.45) is 16.7. The SMILES string of the molecule is O=c1ccn(-c2nc3ccccc3n([C@H]3C[C@H]4CCC[C@@H](C3)N4[C@@H]3C[C@@H]4CCCC[C@@H](C4)C3)c2=O)c(=O)[nH]1. The first kappa shape index (κ1) is 24.1. The van der Waals surface area contributed by atoms with Crippen LogP contribution in [0.1, 0.15) is 83.1 Å². The minimum Gasteiger partial charge on any atom is -0.300 e. The summed E-state index contributed by atoms with van der Waals surface area (Å²) in [7, 11) is 0. The van der Waals surface area contributed by atoms with Gasteiger partial charge in [-0.05, 0) is 68.9 Å². The molecule has 0 radical (unpaired) electrons. The molecule has 38 heavy (non-hydrogen) atoms. The quantitative estimate of drug-likeness (QED) is 0.566. The predicted octanol–water partition coefficient (Wildman–Crippen LogP) is 4.15. The van der Waals surface area contributed by atoms with E-state index in [4.69, 9.17) is 0 Å². The molecule has 2 aliphatic carbocycles. The summed E-state index contributed by atoms with van der Waals surface area (Å²) in [5.74, 6) is 1.84. The molecule has 8 heteroatoms. The van der Waals surface area contributed by atoms with Gasteiger partial charge < -0.3 is 4.57 Å². The summed E-state index contributed by atoms with van der Waals surface area (Å²) < 4.78 is 3.09. The Kier molecular flexibility index (Phi) is 6.10. The van der Waals surface area contributed by atoms with Gasteiger partial charge >= 0.3 is 5.69 Å². The van der Waals surface area contributed by atoms with Crippen molar-refractivity contribution in [2.45, 2.75) is 101 Å². The van der Waals surface area contributed by atoms with Crippen LogP contribution in [0, 0.1) is 11.8 Å². The van der Waals surface area contributed by atoms with Crippen LogP contribution in [-0.4, -0.2) is 42.1 Å². The van der Waals surface area contributed by atoms with Gasteiger partial charge in [0.25, 0.3) is 11.1 Å². The standard InChI is InChI=1S/C30H37N5O3/c36-27-12-13-33(30(38)32-27)28-29(37)35(26-11-4-3-10-25(26)31-28)24-17-21-8-5-9-22(18-24)34(21)23-15-19-6-1-2-7-20(14-19)16-23/h3-4,10-13,19-24H,1-2,5-9,14-18H2,(H,32,36,38)/t19-,20+,21-,22+,23-,24+. The molecule has 4 aliphatic rings. The number of nitrogens with one attached hydrogen (secondary N) is 1. The van der Waals surface area contributed by atoms with Gasteiger partial charge in [-0.3, -0.25) is 19.5 Å². The Morgan fingerprint density at radius 2 is 1.45 bits per heavy atom. The summed E-state index contributed by atoms with van der Waals surface area (Å²) >= 11 is 0. The maximum Gasteiger partial charge on any atom is 0.334 e. The van der Waals surface area contributed by atoms with Crippen LogP contribution in [0.5, 0.6) is 0 Å². The Morgan fingerprint density at radius 3 is 2.16 bits per heavy atom. The van der Waals surface area contributed by atoms with Gasteiger partial charge in [-0.2, -0.15) is 0 Å². The minimum atomic E-state index is -0.644. The van der Waals surface area contributed by atoms with E-state index >= 15 is 0 Å². The highest BCUT2D eigenvalue weighted by atomic mass is 16.2. The summed E-state index contributed by atoms with van der Waals surface area (Å²) in [5, 5.41) is 0. The molecule has 2 aliphatic heterocycles. The van der Waals surface area contributed by atoms with Crippen LogP contribution in [0.15, 0.2) is 50.9 Å². The van der Waals surface area contributed by atoms with E-state index in [1.165, 1.54) is 81.0 Å². The number of H-pyrrole nitrogens is 1.